The van der Waals surface area contributed by atoms with Crippen molar-refractivity contribution in [1.29, 1.82) is 0 Å². The largest absolute Gasteiger partial charge is 0.492 e. The molecule has 0 radical (unpaired) electrons. The number of amides is 2. The molecular formula is C27H22F6N2O4. The lowest BCUT2D eigenvalue weighted by molar-refractivity contribution is -0.143. The second-order valence-corrected chi connectivity index (χ2v) is 8.85. The summed E-state index contributed by atoms with van der Waals surface area (Å²) in [6.45, 7) is 3.67. The molecule has 39 heavy (non-hydrogen) atoms. The zero-order valence-corrected chi connectivity index (χ0v) is 20.6. The first-order valence-corrected chi connectivity index (χ1v) is 11.6. The van der Waals surface area contributed by atoms with Crippen molar-refractivity contribution in [2.45, 2.75) is 32.3 Å². The van der Waals surface area contributed by atoms with E-state index >= 15 is 0 Å². The van der Waals surface area contributed by atoms with E-state index in [0.29, 0.717) is 23.6 Å². The average Bonchev–Trinajstić information content (AvgIpc) is 2.85. The van der Waals surface area contributed by atoms with Crippen LogP contribution in [0.1, 0.15) is 34.0 Å². The molecule has 3 aromatic carbocycles. The van der Waals surface area contributed by atoms with Crippen LogP contribution >= 0.6 is 0 Å². The topological polar surface area (TPSA) is 67.9 Å². The monoisotopic (exact) mass is 552 g/mol. The number of anilines is 2. The maximum absolute atomic E-state index is 13.2. The van der Waals surface area contributed by atoms with E-state index in [1.54, 1.807) is 13.0 Å². The highest BCUT2D eigenvalue weighted by atomic mass is 19.4. The van der Waals surface area contributed by atoms with Crippen molar-refractivity contribution in [3.05, 3.63) is 82.9 Å². The fraction of sp³-hybridized carbons (Fsp3) is 0.259. The van der Waals surface area contributed by atoms with Crippen molar-refractivity contribution < 1.29 is 45.4 Å². The average molecular weight is 552 g/mol. The van der Waals surface area contributed by atoms with Crippen LogP contribution < -0.4 is 19.7 Å². The van der Waals surface area contributed by atoms with E-state index in [9.17, 15) is 35.9 Å². The van der Waals surface area contributed by atoms with Crippen LogP contribution in [0.15, 0.2) is 60.7 Å². The fourth-order valence-electron chi connectivity index (χ4n) is 3.96. The lowest BCUT2D eigenvalue weighted by Gasteiger charge is -2.33. The molecule has 1 N–H and O–H groups in total. The Bertz CT molecular complexity index is 1370. The summed E-state index contributed by atoms with van der Waals surface area (Å²) in [7, 11) is 0. The van der Waals surface area contributed by atoms with Gasteiger partial charge < -0.3 is 19.7 Å². The van der Waals surface area contributed by atoms with Gasteiger partial charge in [-0.1, -0.05) is 12.1 Å². The molecule has 0 saturated carbocycles. The number of benzene rings is 3. The molecule has 206 valence electrons. The van der Waals surface area contributed by atoms with E-state index < -0.39 is 47.0 Å². The lowest BCUT2D eigenvalue weighted by atomic mass is 10.0. The number of aryl methyl sites for hydroxylation is 1. The van der Waals surface area contributed by atoms with Crippen LogP contribution in [-0.2, 0) is 17.1 Å². The third kappa shape index (κ3) is 6.44. The van der Waals surface area contributed by atoms with Gasteiger partial charge in [0.1, 0.15) is 18.1 Å². The molecule has 1 aliphatic heterocycles. The van der Waals surface area contributed by atoms with Gasteiger partial charge in [0.05, 0.1) is 23.4 Å². The Kier molecular flexibility index (Phi) is 7.49. The van der Waals surface area contributed by atoms with Crippen molar-refractivity contribution in [3.63, 3.8) is 0 Å². The highest BCUT2D eigenvalue weighted by Crippen LogP contribution is 2.38. The number of nitrogens with one attached hydrogen (secondary N) is 1. The third-order valence-corrected chi connectivity index (χ3v) is 5.85. The molecule has 3 aromatic rings. The number of nitrogens with zero attached hydrogens (tertiary/aromatic N) is 1. The number of ether oxygens (including phenoxy) is 2. The van der Waals surface area contributed by atoms with E-state index in [1.165, 1.54) is 23.1 Å². The van der Waals surface area contributed by atoms with Gasteiger partial charge in [0.2, 0.25) is 0 Å². The van der Waals surface area contributed by atoms with Gasteiger partial charge in [0, 0.05) is 11.3 Å². The summed E-state index contributed by atoms with van der Waals surface area (Å²) in [4.78, 5) is 26.9. The minimum absolute atomic E-state index is 0.0280. The molecular weight excluding hydrogens is 530 g/mol. The van der Waals surface area contributed by atoms with Crippen molar-refractivity contribution in [2.24, 2.45) is 0 Å². The predicted molar refractivity (Wildman–Crippen MR) is 130 cm³/mol. The first-order chi connectivity index (χ1) is 18.2. The Labute approximate surface area is 219 Å². The van der Waals surface area contributed by atoms with Crippen LogP contribution in [0.4, 0.5) is 37.7 Å². The second kappa shape index (κ2) is 10.5. The van der Waals surface area contributed by atoms with Crippen molar-refractivity contribution in [1.82, 2.24) is 0 Å². The quantitative estimate of drug-likeness (QED) is 0.356. The number of halogens is 6. The van der Waals surface area contributed by atoms with Crippen LogP contribution in [0, 0.1) is 6.92 Å². The minimum atomic E-state index is -5.10. The molecule has 4 rings (SSSR count). The number of carbonyl (C=O) groups is 2. The Morgan fingerprint density at radius 1 is 0.974 bits per heavy atom. The van der Waals surface area contributed by atoms with Gasteiger partial charge in [0.15, 0.2) is 6.10 Å². The predicted octanol–water partition coefficient (Wildman–Crippen LogP) is 6.48. The number of hydrogen-bond acceptors (Lipinski definition) is 4. The first-order valence-electron chi connectivity index (χ1n) is 11.6. The number of rotatable bonds is 6. The Balaban J connectivity index is 1.57. The van der Waals surface area contributed by atoms with Gasteiger partial charge in [-0.25, -0.2) is 0 Å². The fourth-order valence-corrected chi connectivity index (χ4v) is 3.96. The van der Waals surface area contributed by atoms with Gasteiger partial charge in [-0.05, 0) is 67.9 Å². The minimum Gasteiger partial charge on any atom is -0.492 e. The molecule has 2 amide bonds. The summed E-state index contributed by atoms with van der Waals surface area (Å²) < 4.78 is 90.5. The molecule has 0 aromatic heterocycles. The molecule has 0 aliphatic carbocycles. The summed E-state index contributed by atoms with van der Waals surface area (Å²) in [5.74, 6) is -0.692. The van der Waals surface area contributed by atoms with Crippen LogP contribution in [0.2, 0.25) is 0 Å². The number of fused-ring (bicyclic) bond motifs is 1. The summed E-state index contributed by atoms with van der Waals surface area (Å²) in [5.41, 5.74) is -2.79. The van der Waals surface area contributed by atoms with Crippen LogP contribution in [0.25, 0.3) is 0 Å². The van der Waals surface area contributed by atoms with E-state index in [-0.39, 0.29) is 30.6 Å². The highest BCUT2D eigenvalue weighted by molar-refractivity contribution is 6.06. The Hall–Kier alpha value is -4.22. The molecule has 0 spiro atoms. The molecule has 1 atom stereocenters. The van der Waals surface area contributed by atoms with Crippen molar-refractivity contribution in [3.8, 4) is 11.5 Å². The van der Waals surface area contributed by atoms with E-state index in [2.05, 4.69) is 5.32 Å². The standard InChI is InChI=1S/C27H22F6N2O4/c1-15-4-3-5-21(10-15)38-9-8-35-22-14-20(6-7-23(22)39-16(2)25(35)37)34-24(36)17-11-18(26(28,29)30)13-19(12-17)27(31,32)33/h3-7,10-14,16H,8-9H2,1-2H3,(H,34,36). The summed E-state index contributed by atoms with van der Waals surface area (Å²) in [6.07, 6.45) is -11.0. The number of carbonyl (C=O) groups excluding carboxylic acids is 2. The zero-order valence-electron chi connectivity index (χ0n) is 20.6. The molecule has 0 fully saturated rings. The molecule has 1 unspecified atom stereocenters. The summed E-state index contributed by atoms with van der Waals surface area (Å²) in [6, 6.07) is 12.1. The second-order valence-electron chi connectivity index (χ2n) is 8.85. The number of alkyl halides is 6. The zero-order chi connectivity index (χ0) is 28.5. The molecule has 6 nitrogen and oxygen atoms in total. The van der Waals surface area contributed by atoms with Crippen molar-refractivity contribution >= 4 is 23.2 Å². The van der Waals surface area contributed by atoms with Crippen molar-refractivity contribution in [2.75, 3.05) is 23.4 Å². The molecule has 12 heteroatoms. The number of hydrogen-bond donors (Lipinski definition) is 1. The maximum atomic E-state index is 13.2. The van der Waals surface area contributed by atoms with Gasteiger partial charge in [-0.15, -0.1) is 0 Å². The van der Waals surface area contributed by atoms with Gasteiger partial charge in [-0.2, -0.15) is 26.3 Å². The molecule has 1 heterocycles. The SMILES string of the molecule is Cc1cccc(OCCN2C(=O)C(C)Oc3ccc(NC(=O)c4cc(C(F)(F)F)cc(C(F)(F)F)c4)cc32)c1. The van der Waals surface area contributed by atoms with Crippen LogP contribution in [-0.4, -0.2) is 31.1 Å². The Morgan fingerprint density at radius 3 is 2.26 bits per heavy atom. The lowest BCUT2D eigenvalue weighted by Crippen LogP contribution is -2.46. The van der Waals surface area contributed by atoms with Crippen LogP contribution in [0.3, 0.4) is 0 Å². The van der Waals surface area contributed by atoms with Gasteiger partial charge >= 0.3 is 12.4 Å². The maximum Gasteiger partial charge on any atom is 0.416 e. The normalized spacial score (nSPS) is 15.4. The van der Waals surface area contributed by atoms with Crippen LogP contribution in [0.5, 0.6) is 11.5 Å². The summed E-state index contributed by atoms with van der Waals surface area (Å²) in [5, 5.41) is 2.30. The van der Waals surface area contributed by atoms with E-state index in [0.717, 1.165) is 5.56 Å². The first kappa shape index (κ1) is 27.8. The molecule has 0 saturated heterocycles. The van der Waals surface area contributed by atoms with E-state index in [4.69, 9.17) is 9.47 Å². The molecule has 0 bridgehead atoms. The molecule has 1 aliphatic rings. The summed E-state index contributed by atoms with van der Waals surface area (Å²) >= 11 is 0. The Morgan fingerprint density at radius 2 is 1.64 bits per heavy atom. The van der Waals surface area contributed by atoms with Gasteiger partial charge in [0.25, 0.3) is 11.8 Å². The smallest absolute Gasteiger partial charge is 0.416 e. The third-order valence-electron chi connectivity index (χ3n) is 5.85. The highest BCUT2D eigenvalue weighted by Gasteiger charge is 2.38. The van der Waals surface area contributed by atoms with Gasteiger partial charge in [-0.3, -0.25) is 9.59 Å². The van der Waals surface area contributed by atoms with E-state index in [1.807, 2.05) is 25.1 Å².